The van der Waals surface area contributed by atoms with E-state index in [1.165, 1.54) is 5.56 Å². The lowest BCUT2D eigenvalue weighted by Gasteiger charge is -2.10. The lowest BCUT2D eigenvalue weighted by molar-refractivity contribution is 0.236. The molecule has 0 aliphatic heterocycles. The van der Waals surface area contributed by atoms with Gasteiger partial charge in [0.1, 0.15) is 18.1 Å². The maximum atomic E-state index is 11.8. The average Bonchev–Trinajstić information content (AvgIpc) is 2.58. The van der Waals surface area contributed by atoms with Crippen LogP contribution in [0.1, 0.15) is 18.1 Å². The van der Waals surface area contributed by atoms with Crippen molar-refractivity contribution in [2.24, 2.45) is 0 Å². The van der Waals surface area contributed by atoms with E-state index in [1.54, 1.807) is 0 Å². The summed E-state index contributed by atoms with van der Waals surface area (Å²) < 4.78 is 11.0. The quantitative estimate of drug-likeness (QED) is 0.731. The van der Waals surface area contributed by atoms with Crippen LogP contribution in [-0.4, -0.2) is 25.8 Å². The minimum Gasteiger partial charge on any atom is -0.494 e. The Morgan fingerprint density at radius 1 is 1.00 bits per heavy atom. The lowest BCUT2D eigenvalue weighted by atomic mass is 10.1. The van der Waals surface area contributed by atoms with Crippen molar-refractivity contribution in [1.29, 1.82) is 0 Å². The average molecular weight is 328 g/mol. The molecule has 0 fully saturated rings. The Morgan fingerprint density at radius 2 is 1.75 bits per heavy atom. The normalized spacial score (nSPS) is 10.1. The number of carbonyl (C=O) groups is 1. The molecule has 2 aromatic carbocycles. The molecule has 2 aromatic rings. The third-order valence-electron chi connectivity index (χ3n) is 3.31. The minimum atomic E-state index is -0.205. The van der Waals surface area contributed by atoms with Gasteiger partial charge < -0.3 is 20.1 Å². The first kappa shape index (κ1) is 17.7. The highest BCUT2D eigenvalue weighted by Gasteiger charge is 2.01. The molecule has 0 radical (unpaired) electrons. The van der Waals surface area contributed by atoms with Crippen LogP contribution in [0.2, 0.25) is 0 Å². The Balaban J connectivity index is 1.65. The van der Waals surface area contributed by atoms with Crippen LogP contribution in [-0.2, 0) is 6.54 Å². The van der Waals surface area contributed by atoms with E-state index < -0.39 is 0 Å². The number of urea groups is 1. The standard InChI is InChI=1S/C19H24N2O3/c1-3-23-17-8-5-9-18(13-17)24-11-10-20-19(22)21-14-16-7-4-6-15(2)12-16/h4-9,12-13H,3,10-11,14H2,1-2H3,(H2,20,21,22). The fourth-order valence-electron chi connectivity index (χ4n) is 2.22. The highest BCUT2D eigenvalue weighted by atomic mass is 16.5. The van der Waals surface area contributed by atoms with E-state index in [0.29, 0.717) is 26.3 Å². The second kappa shape index (κ2) is 9.45. The number of benzene rings is 2. The van der Waals surface area contributed by atoms with Gasteiger partial charge >= 0.3 is 6.03 Å². The first-order chi connectivity index (χ1) is 11.7. The fourth-order valence-corrected chi connectivity index (χ4v) is 2.22. The Labute approximate surface area is 143 Å². The summed E-state index contributed by atoms with van der Waals surface area (Å²) in [6, 6.07) is 15.3. The summed E-state index contributed by atoms with van der Waals surface area (Å²) in [6.45, 7) is 5.91. The maximum absolute atomic E-state index is 11.8. The molecule has 2 rings (SSSR count). The lowest BCUT2D eigenvalue weighted by Crippen LogP contribution is -2.37. The van der Waals surface area contributed by atoms with Crippen molar-refractivity contribution < 1.29 is 14.3 Å². The number of hydrogen-bond donors (Lipinski definition) is 2. The molecule has 0 heterocycles. The van der Waals surface area contributed by atoms with Gasteiger partial charge in [-0.3, -0.25) is 0 Å². The number of ether oxygens (including phenoxy) is 2. The maximum Gasteiger partial charge on any atom is 0.315 e. The van der Waals surface area contributed by atoms with Gasteiger partial charge in [-0.1, -0.05) is 35.9 Å². The minimum absolute atomic E-state index is 0.205. The zero-order valence-electron chi connectivity index (χ0n) is 14.2. The number of nitrogens with one attached hydrogen (secondary N) is 2. The summed E-state index contributed by atoms with van der Waals surface area (Å²) >= 11 is 0. The molecule has 0 unspecified atom stereocenters. The van der Waals surface area contributed by atoms with Gasteiger partial charge in [0.05, 0.1) is 13.2 Å². The molecule has 0 aromatic heterocycles. The molecule has 0 bridgehead atoms. The molecule has 128 valence electrons. The SMILES string of the molecule is CCOc1cccc(OCCNC(=O)NCc2cccc(C)c2)c1. The van der Waals surface area contributed by atoms with E-state index in [4.69, 9.17) is 9.47 Å². The monoisotopic (exact) mass is 328 g/mol. The van der Waals surface area contributed by atoms with E-state index in [-0.39, 0.29) is 6.03 Å². The van der Waals surface area contributed by atoms with Gasteiger partial charge in [-0.25, -0.2) is 4.79 Å². The van der Waals surface area contributed by atoms with Crippen molar-refractivity contribution >= 4 is 6.03 Å². The van der Waals surface area contributed by atoms with Gasteiger partial charge in [-0.05, 0) is 31.5 Å². The highest BCUT2D eigenvalue weighted by molar-refractivity contribution is 5.73. The number of hydrogen-bond acceptors (Lipinski definition) is 3. The molecule has 0 atom stereocenters. The van der Waals surface area contributed by atoms with Crippen molar-refractivity contribution in [3.05, 3.63) is 59.7 Å². The second-order valence-electron chi connectivity index (χ2n) is 5.35. The van der Waals surface area contributed by atoms with E-state index in [9.17, 15) is 4.79 Å². The van der Waals surface area contributed by atoms with Gasteiger partial charge in [0.25, 0.3) is 0 Å². The van der Waals surface area contributed by atoms with Gasteiger partial charge in [0.2, 0.25) is 0 Å². The Hall–Kier alpha value is -2.69. The predicted molar refractivity (Wildman–Crippen MR) is 94.5 cm³/mol. The molecular formula is C19H24N2O3. The molecule has 24 heavy (non-hydrogen) atoms. The molecule has 2 amide bonds. The van der Waals surface area contributed by atoms with Crippen molar-refractivity contribution in [3.63, 3.8) is 0 Å². The van der Waals surface area contributed by atoms with Gasteiger partial charge in [0.15, 0.2) is 0 Å². The van der Waals surface area contributed by atoms with Crippen LogP contribution in [0.3, 0.4) is 0 Å². The summed E-state index contributed by atoms with van der Waals surface area (Å²) in [5.74, 6) is 1.50. The molecule has 0 saturated carbocycles. The second-order valence-corrected chi connectivity index (χ2v) is 5.35. The third-order valence-corrected chi connectivity index (χ3v) is 3.31. The Bertz CT molecular complexity index is 659. The molecule has 5 nitrogen and oxygen atoms in total. The van der Waals surface area contributed by atoms with E-state index in [1.807, 2.05) is 56.3 Å². The van der Waals surface area contributed by atoms with Crippen molar-refractivity contribution in [2.75, 3.05) is 19.8 Å². The topological polar surface area (TPSA) is 59.6 Å². The first-order valence-electron chi connectivity index (χ1n) is 8.10. The smallest absolute Gasteiger partial charge is 0.315 e. The third kappa shape index (κ3) is 6.20. The van der Waals surface area contributed by atoms with Gasteiger partial charge in [-0.2, -0.15) is 0 Å². The summed E-state index contributed by atoms with van der Waals surface area (Å²) in [5.41, 5.74) is 2.26. The zero-order chi connectivity index (χ0) is 17.2. The van der Waals surface area contributed by atoms with E-state index >= 15 is 0 Å². The van der Waals surface area contributed by atoms with Crippen LogP contribution in [0.5, 0.6) is 11.5 Å². The number of amides is 2. The number of carbonyl (C=O) groups excluding carboxylic acids is 1. The van der Waals surface area contributed by atoms with Gasteiger partial charge in [-0.15, -0.1) is 0 Å². The molecule has 0 spiro atoms. The zero-order valence-corrected chi connectivity index (χ0v) is 14.2. The summed E-state index contributed by atoms with van der Waals surface area (Å²) in [4.78, 5) is 11.8. The Kier molecular flexibility index (Phi) is 6.95. The van der Waals surface area contributed by atoms with Crippen LogP contribution in [0.15, 0.2) is 48.5 Å². The number of aryl methyl sites for hydroxylation is 1. The van der Waals surface area contributed by atoms with Crippen molar-refractivity contribution in [1.82, 2.24) is 10.6 Å². The summed E-state index contributed by atoms with van der Waals surface area (Å²) in [5, 5.41) is 5.60. The summed E-state index contributed by atoms with van der Waals surface area (Å²) in [6.07, 6.45) is 0. The molecule has 5 heteroatoms. The largest absolute Gasteiger partial charge is 0.494 e. The van der Waals surface area contributed by atoms with Crippen LogP contribution < -0.4 is 20.1 Å². The molecule has 0 saturated heterocycles. The van der Waals surface area contributed by atoms with Crippen LogP contribution >= 0.6 is 0 Å². The first-order valence-corrected chi connectivity index (χ1v) is 8.10. The van der Waals surface area contributed by atoms with Crippen molar-refractivity contribution in [3.8, 4) is 11.5 Å². The number of rotatable bonds is 8. The summed E-state index contributed by atoms with van der Waals surface area (Å²) in [7, 11) is 0. The molecule has 2 N–H and O–H groups in total. The van der Waals surface area contributed by atoms with Gasteiger partial charge in [0, 0.05) is 12.6 Å². The molecule has 0 aliphatic rings. The van der Waals surface area contributed by atoms with Crippen LogP contribution in [0, 0.1) is 6.92 Å². The van der Waals surface area contributed by atoms with Crippen molar-refractivity contribution in [2.45, 2.75) is 20.4 Å². The van der Waals surface area contributed by atoms with E-state index in [2.05, 4.69) is 16.7 Å². The van der Waals surface area contributed by atoms with Crippen LogP contribution in [0.4, 0.5) is 4.79 Å². The fraction of sp³-hybridized carbons (Fsp3) is 0.316. The predicted octanol–water partition coefficient (Wildman–Crippen LogP) is 3.27. The molecular weight excluding hydrogens is 304 g/mol. The van der Waals surface area contributed by atoms with Crippen LogP contribution in [0.25, 0.3) is 0 Å². The molecule has 0 aliphatic carbocycles. The highest BCUT2D eigenvalue weighted by Crippen LogP contribution is 2.19. The Morgan fingerprint density at radius 3 is 2.50 bits per heavy atom. The van der Waals surface area contributed by atoms with E-state index in [0.717, 1.165) is 17.1 Å².